The number of para-hydroxylation sites is 1. The Labute approximate surface area is 170 Å². The zero-order valence-electron chi connectivity index (χ0n) is 16.3. The second-order valence-corrected chi connectivity index (χ2v) is 9.10. The second kappa shape index (κ2) is 8.14. The van der Waals surface area contributed by atoms with Crippen molar-refractivity contribution in [2.75, 3.05) is 32.9 Å². The van der Waals surface area contributed by atoms with Gasteiger partial charge in [0, 0.05) is 30.6 Å². The van der Waals surface area contributed by atoms with Crippen molar-refractivity contribution in [3.05, 3.63) is 59.2 Å². The van der Waals surface area contributed by atoms with E-state index in [9.17, 15) is 13.2 Å². The van der Waals surface area contributed by atoms with E-state index in [0.717, 1.165) is 11.3 Å². The number of nitrogens with zero attached hydrogens (tertiary/aromatic N) is 1. The van der Waals surface area contributed by atoms with Crippen LogP contribution in [0.1, 0.15) is 33.9 Å². The fourth-order valence-corrected chi connectivity index (χ4v) is 5.34. The van der Waals surface area contributed by atoms with E-state index in [1.807, 2.05) is 24.3 Å². The highest BCUT2D eigenvalue weighted by atomic mass is 32.2. The first-order valence-corrected chi connectivity index (χ1v) is 11.1. The summed E-state index contributed by atoms with van der Waals surface area (Å²) in [5.41, 5.74) is 1.87. The first-order valence-electron chi connectivity index (χ1n) is 9.68. The average Bonchev–Trinajstić information content (AvgIpc) is 2.75. The number of aryl methyl sites for hydroxylation is 1. The van der Waals surface area contributed by atoms with Crippen molar-refractivity contribution in [3.8, 4) is 5.75 Å². The fraction of sp³-hybridized carbons (Fsp3) is 0.381. The van der Waals surface area contributed by atoms with E-state index in [-0.39, 0.29) is 16.8 Å². The standard InChI is InChI=1S/C21H24N2O5S/c1-15-6-7-16(14-20(15)29(25,26)23-9-12-27-13-10-23)21(24)22-18-8-11-28-19-5-3-2-4-17(18)19/h2-7,14,18H,8-13H2,1H3,(H,22,24). The molecular formula is C21H24N2O5S. The van der Waals surface area contributed by atoms with Crippen LogP contribution in [0, 0.1) is 6.92 Å². The van der Waals surface area contributed by atoms with E-state index in [2.05, 4.69) is 5.32 Å². The van der Waals surface area contributed by atoms with Crippen LogP contribution in [-0.4, -0.2) is 51.5 Å². The fourth-order valence-electron chi connectivity index (χ4n) is 3.68. The minimum absolute atomic E-state index is 0.166. The maximum absolute atomic E-state index is 13.1. The van der Waals surface area contributed by atoms with Crippen molar-refractivity contribution < 1.29 is 22.7 Å². The minimum atomic E-state index is -3.68. The van der Waals surface area contributed by atoms with Gasteiger partial charge in [-0.25, -0.2) is 8.42 Å². The van der Waals surface area contributed by atoms with Gasteiger partial charge in [0.15, 0.2) is 0 Å². The van der Waals surface area contributed by atoms with Gasteiger partial charge in [-0.2, -0.15) is 4.31 Å². The van der Waals surface area contributed by atoms with Crippen molar-refractivity contribution in [1.82, 2.24) is 9.62 Å². The SMILES string of the molecule is Cc1ccc(C(=O)NC2CCOc3ccccc32)cc1S(=O)(=O)N1CCOCC1. The molecule has 1 N–H and O–H groups in total. The lowest BCUT2D eigenvalue weighted by Gasteiger charge is -2.27. The molecule has 1 amide bonds. The Morgan fingerprint density at radius 3 is 2.66 bits per heavy atom. The predicted octanol–water partition coefficient (Wildman–Crippen LogP) is 2.27. The molecule has 2 aromatic rings. The van der Waals surface area contributed by atoms with Gasteiger partial charge in [0.05, 0.1) is 30.8 Å². The molecule has 0 radical (unpaired) electrons. The molecule has 0 spiro atoms. The highest BCUT2D eigenvalue weighted by Gasteiger charge is 2.29. The van der Waals surface area contributed by atoms with Gasteiger partial charge in [-0.05, 0) is 30.7 Å². The van der Waals surface area contributed by atoms with Gasteiger partial charge in [-0.3, -0.25) is 4.79 Å². The first-order chi connectivity index (χ1) is 14.0. The van der Waals surface area contributed by atoms with Crippen LogP contribution in [0.25, 0.3) is 0 Å². The molecule has 7 nitrogen and oxygen atoms in total. The summed E-state index contributed by atoms with van der Waals surface area (Å²) in [4.78, 5) is 13.1. The number of carbonyl (C=O) groups excluding carboxylic acids is 1. The lowest BCUT2D eigenvalue weighted by Crippen LogP contribution is -2.41. The maximum Gasteiger partial charge on any atom is 0.251 e. The highest BCUT2D eigenvalue weighted by Crippen LogP contribution is 2.32. The number of amides is 1. The molecule has 1 fully saturated rings. The van der Waals surface area contributed by atoms with E-state index < -0.39 is 10.0 Å². The van der Waals surface area contributed by atoms with Gasteiger partial charge in [0.1, 0.15) is 5.75 Å². The highest BCUT2D eigenvalue weighted by molar-refractivity contribution is 7.89. The summed E-state index contributed by atoms with van der Waals surface area (Å²) in [7, 11) is -3.68. The zero-order valence-corrected chi connectivity index (χ0v) is 17.1. The van der Waals surface area contributed by atoms with Gasteiger partial charge >= 0.3 is 0 Å². The van der Waals surface area contributed by atoms with Crippen LogP contribution in [0.5, 0.6) is 5.75 Å². The molecule has 2 aliphatic heterocycles. The molecule has 0 aromatic heterocycles. The Morgan fingerprint density at radius 2 is 1.86 bits per heavy atom. The van der Waals surface area contributed by atoms with Crippen molar-refractivity contribution in [2.24, 2.45) is 0 Å². The zero-order chi connectivity index (χ0) is 20.4. The van der Waals surface area contributed by atoms with Crippen LogP contribution in [0.2, 0.25) is 0 Å². The second-order valence-electron chi connectivity index (χ2n) is 7.20. The Balaban J connectivity index is 1.58. The quantitative estimate of drug-likeness (QED) is 0.827. The molecule has 1 unspecified atom stereocenters. The number of morpholine rings is 1. The van der Waals surface area contributed by atoms with Crippen LogP contribution >= 0.6 is 0 Å². The third kappa shape index (κ3) is 4.01. The number of rotatable bonds is 4. The molecule has 4 rings (SSSR count). The minimum Gasteiger partial charge on any atom is -0.493 e. The topological polar surface area (TPSA) is 84.9 Å². The summed E-state index contributed by atoms with van der Waals surface area (Å²) >= 11 is 0. The molecule has 154 valence electrons. The maximum atomic E-state index is 13.1. The monoisotopic (exact) mass is 416 g/mol. The molecule has 2 aliphatic rings. The number of ether oxygens (including phenoxy) is 2. The molecule has 2 heterocycles. The number of benzene rings is 2. The van der Waals surface area contributed by atoms with Crippen LogP contribution in [0.4, 0.5) is 0 Å². The molecule has 2 aromatic carbocycles. The van der Waals surface area contributed by atoms with Crippen LogP contribution in [-0.2, 0) is 14.8 Å². The van der Waals surface area contributed by atoms with Crippen molar-refractivity contribution in [2.45, 2.75) is 24.3 Å². The number of sulfonamides is 1. The van der Waals surface area contributed by atoms with E-state index in [1.165, 1.54) is 10.4 Å². The summed E-state index contributed by atoms with van der Waals surface area (Å²) in [6, 6.07) is 12.3. The molecular weight excluding hydrogens is 392 g/mol. The number of fused-ring (bicyclic) bond motifs is 1. The molecule has 0 saturated carbocycles. The third-order valence-electron chi connectivity index (χ3n) is 5.30. The molecule has 8 heteroatoms. The molecule has 29 heavy (non-hydrogen) atoms. The largest absolute Gasteiger partial charge is 0.493 e. The van der Waals surface area contributed by atoms with Crippen LogP contribution in [0.15, 0.2) is 47.4 Å². The van der Waals surface area contributed by atoms with Gasteiger partial charge in [-0.1, -0.05) is 24.3 Å². The van der Waals surface area contributed by atoms with E-state index >= 15 is 0 Å². The Bertz CT molecular complexity index is 1020. The van der Waals surface area contributed by atoms with Crippen molar-refractivity contribution in [3.63, 3.8) is 0 Å². The van der Waals surface area contributed by atoms with Gasteiger partial charge < -0.3 is 14.8 Å². The lowest BCUT2D eigenvalue weighted by molar-refractivity contribution is 0.0730. The Morgan fingerprint density at radius 1 is 1.10 bits per heavy atom. The normalized spacial score (nSPS) is 19.8. The van der Waals surface area contributed by atoms with Gasteiger partial charge in [0.2, 0.25) is 10.0 Å². The van der Waals surface area contributed by atoms with E-state index in [1.54, 1.807) is 19.1 Å². The van der Waals surface area contributed by atoms with Crippen LogP contribution in [0.3, 0.4) is 0 Å². The lowest BCUT2D eigenvalue weighted by atomic mass is 10.00. The smallest absolute Gasteiger partial charge is 0.251 e. The predicted molar refractivity (Wildman–Crippen MR) is 108 cm³/mol. The summed E-state index contributed by atoms with van der Waals surface area (Å²) in [5.74, 6) is 0.466. The molecule has 1 atom stereocenters. The third-order valence-corrected chi connectivity index (χ3v) is 7.34. The number of hydrogen-bond acceptors (Lipinski definition) is 5. The van der Waals surface area contributed by atoms with Gasteiger partial charge in [-0.15, -0.1) is 0 Å². The number of carbonyl (C=O) groups is 1. The van der Waals surface area contributed by atoms with Gasteiger partial charge in [0.25, 0.3) is 5.91 Å². The average molecular weight is 416 g/mol. The Hall–Kier alpha value is -2.42. The first kappa shape index (κ1) is 19.9. The summed E-state index contributed by atoms with van der Waals surface area (Å²) in [6.45, 7) is 3.65. The summed E-state index contributed by atoms with van der Waals surface area (Å²) in [5, 5.41) is 3.02. The summed E-state index contributed by atoms with van der Waals surface area (Å²) in [6.07, 6.45) is 0.660. The van der Waals surface area contributed by atoms with Crippen molar-refractivity contribution in [1.29, 1.82) is 0 Å². The Kier molecular flexibility index (Phi) is 5.58. The molecule has 0 aliphatic carbocycles. The number of nitrogens with one attached hydrogen (secondary N) is 1. The van der Waals surface area contributed by atoms with E-state index in [4.69, 9.17) is 9.47 Å². The van der Waals surface area contributed by atoms with E-state index in [0.29, 0.717) is 50.5 Å². The number of hydrogen-bond donors (Lipinski definition) is 1. The molecule has 0 bridgehead atoms. The van der Waals surface area contributed by atoms with Crippen LogP contribution < -0.4 is 10.1 Å². The van der Waals surface area contributed by atoms with Crippen molar-refractivity contribution >= 4 is 15.9 Å². The summed E-state index contributed by atoms with van der Waals surface area (Å²) < 4.78 is 38.4. The molecule has 1 saturated heterocycles.